The van der Waals surface area contributed by atoms with Crippen LogP contribution in [0.1, 0.15) is 10.7 Å². The van der Waals surface area contributed by atoms with Crippen molar-refractivity contribution in [1.82, 2.24) is 15.2 Å². The molecule has 1 aromatic carbocycles. The summed E-state index contributed by atoms with van der Waals surface area (Å²) >= 11 is 1.68. The Labute approximate surface area is 103 Å². The highest BCUT2D eigenvalue weighted by Crippen LogP contribution is 2.21. The SMILES string of the molecule is Cc1nc(CNc2cccc3[nH]ncc23)cs1. The molecule has 17 heavy (non-hydrogen) atoms. The number of hydrogen-bond donors (Lipinski definition) is 2. The first-order valence-corrected chi connectivity index (χ1v) is 6.28. The van der Waals surface area contributed by atoms with E-state index < -0.39 is 0 Å². The summed E-state index contributed by atoms with van der Waals surface area (Å²) in [5, 5.41) is 14.7. The van der Waals surface area contributed by atoms with Gasteiger partial charge in [0.05, 0.1) is 29.0 Å². The number of aryl methyl sites for hydroxylation is 1. The van der Waals surface area contributed by atoms with Crippen LogP contribution in [0.5, 0.6) is 0 Å². The molecular formula is C12H12N4S. The number of aromatic amines is 1. The van der Waals surface area contributed by atoms with Gasteiger partial charge in [-0.3, -0.25) is 5.10 Å². The van der Waals surface area contributed by atoms with Crippen molar-refractivity contribution < 1.29 is 0 Å². The van der Waals surface area contributed by atoms with Gasteiger partial charge in [-0.15, -0.1) is 11.3 Å². The van der Waals surface area contributed by atoms with E-state index in [0.29, 0.717) is 0 Å². The van der Waals surface area contributed by atoms with Gasteiger partial charge in [-0.1, -0.05) is 6.07 Å². The number of rotatable bonds is 3. The van der Waals surface area contributed by atoms with E-state index in [9.17, 15) is 0 Å². The maximum atomic E-state index is 4.43. The van der Waals surface area contributed by atoms with Crippen LogP contribution in [0.15, 0.2) is 29.8 Å². The molecule has 86 valence electrons. The van der Waals surface area contributed by atoms with E-state index in [1.807, 2.05) is 25.3 Å². The number of hydrogen-bond acceptors (Lipinski definition) is 4. The van der Waals surface area contributed by atoms with Crippen LogP contribution in [-0.2, 0) is 6.54 Å². The monoisotopic (exact) mass is 244 g/mol. The van der Waals surface area contributed by atoms with Crippen molar-refractivity contribution in [2.75, 3.05) is 5.32 Å². The molecule has 0 saturated carbocycles. The number of aromatic nitrogens is 3. The van der Waals surface area contributed by atoms with E-state index in [1.54, 1.807) is 11.3 Å². The van der Waals surface area contributed by atoms with Crippen molar-refractivity contribution in [2.24, 2.45) is 0 Å². The number of benzene rings is 1. The summed E-state index contributed by atoms with van der Waals surface area (Å²) in [7, 11) is 0. The van der Waals surface area contributed by atoms with Crippen molar-refractivity contribution >= 4 is 27.9 Å². The fourth-order valence-electron chi connectivity index (χ4n) is 1.80. The summed E-state index contributed by atoms with van der Waals surface area (Å²) in [5.41, 5.74) is 3.21. The number of nitrogens with one attached hydrogen (secondary N) is 2. The molecule has 2 N–H and O–H groups in total. The van der Waals surface area contributed by atoms with Crippen molar-refractivity contribution in [2.45, 2.75) is 13.5 Å². The molecule has 0 aliphatic heterocycles. The lowest BCUT2D eigenvalue weighted by atomic mass is 10.2. The van der Waals surface area contributed by atoms with Gasteiger partial charge in [0.15, 0.2) is 0 Å². The molecule has 0 atom stereocenters. The summed E-state index contributed by atoms with van der Waals surface area (Å²) in [6.07, 6.45) is 1.84. The Morgan fingerprint density at radius 1 is 1.41 bits per heavy atom. The zero-order valence-corrected chi connectivity index (χ0v) is 10.2. The minimum atomic E-state index is 0.745. The number of nitrogens with zero attached hydrogens (tertiary/aromatic N) is 2. The quantitative estimate of drug-likeness (QED) is 0.744. The first-order valence-electron chi connectivity index (χ1n) is 5.40. The van der Waals surface area contributed by atoms with Gasteiger partial charge < -0.3 is 5.32 Å². The topological polar surface area (TPSA) is 53.6 Å². The summed E-state index contributed by atoms with van der Waals surface area (Å²) in [6.45, 7) is 2.76. The first kappa shape index (κ1) is 10.3. The molecule has 5 heteroatoms. The van der Waals surface area contributed by atoms with Crippen molar-refractivity contribution in [3.63, 3.8) is 0 Å². The Bertz CT molecular complexity index is 641. The third kappa shape index (κ3) is 2.01. The van der Waals surface area contributed by atoms with Crippen molar-refractivity contribution in [3.8, 4) is 0 Å². The third-order valence-corrected chi connectivity index (χ3v) is 3.43. The molecule has 0 radical (unpaired) electrons. The first-order chi connectivity index (χ1) is 8.33. The summed E-state index contributed by atoms with van der Waals surface area (Å²) in [6, 6.07) is 6.08. The minimum absolute atomic E-state index is 0.745. The average Bonchev–Trinajstić information content (AvgIpc) is 2.94. The second-order valence-electron chi connectivity index (χ2n) is 3.85. The van der Waals surface area contributed by atoms with Crippen LogP contribution in [0.25, 0.3) is 10.9 Å². The molecule has 0 bridgehead atoms. The van der Waals surface area contributed by atoms with Gasteiger partial charge in [-0.2, -0.15) is 5.10 Å². The van der Waals surface area contributed by atoms with E-state index in [-0.39, 0.29) is 0 Å². The van der Waals surface area contributed by atoms with E-state index in [1.165, 1.54) is 0 Å². The number of anilines is 1. The molecule has 0 aliphatic rings. The number of fused-ring (bicyclic) bond motifs is 1. The van der Waals surface area contributed by atoms with Gasteiger partial charge >= 0.3 is 0 Å². The zero-order chi connectivity index (χ0) is 11.7. The number of H-pyrrole nitrogens is 1. The molecule has 2 heterocycles. The third-order valence-electron chi connectivity index (χ3n) is 2.61. The van der Waals surface area contributed by atoms with Crippen LogP contribution >= 0.6 is 11.3 Å². The van der Waals surface area contributed by atoms with Crippen molar-refractivity contribution in [3.05, 3.63) is 40.5 Å². The van der Waals surface area contributed by atoms with E-state index in [4.69, 9.17) is 0 Å². The van der Waals surface area contributed by atoms with Crippen LogP contribution in [0.3, 0.4) is 0 Å². The molecule has 0 spiro atoms. The average molecular weight is 244 g/mol. The smallest absolute Gasteiger partial charge is 0.0898 e. The fourth-order valence-corrected chi connectivity index (χ4v) is 2.41. The van der Waals surface area contributed by atoms with Crippen molar-refractivity contribution in [1.29, 1.82) is 0 Å². The van der Waals surface area contributed by atoms with Gasteiger partial charge in [-0.05, 0) is 19.1 Å². The highest BCUT2D eigenvalue weighted by molar-refractivity contribution is 7.09. The molecule has 3 aromatic rings. The highest BCUT2D eigenvalue weighted by Gasteiger charge is 2.03. The second kappa shape index (κ2) is 4.18. The van der Waals surface area contributed by atoms with Crippen LogP contribution in [-0.4, -0.2) is 15.2 Å². The fraction of sp³-hybridized carbons (Fsp3) is 0.167. The summed E-state index contributed by atoms with van der Waals surface area (Å²) < 4.78 is 0. The Kier molecular flexibility index (Phi) is 2.53. The second-order valence-corrected chi connectivity index (χ2v) is 4.91. The van der Waals surface area contributed by atoms with Crippen LogP contribution < -0.4 is 5.32 Å². The standard InChI is InChI=1S/C12H12N4S/c1-8-15-9(7-17-8)5-13-11-3-2-4-12-10(11)6-14-16-12/h2-4,6-7,13H,5H2,1H3,(H,14,16). The molecule has 0 saturated heterocycles. The Morgan fingerprint density at radius 2 is 2.35 bits per heavy atom. The highest BCUT2D eigenvalue weighted by atomic mass is 32.1. The lowest BCUT2D eigenvalue weighted by Gasteiger charge is -2.05. The van der Waals surface area contributed by atoms with Crippen LogP contribution in [0, 0.1) is 6.92 Å². The van der Waals surface area contributed by atoms with Gasteiger partial charge in [0.1, 0.15) is 0 Å². The molecular weight excluding hydrogens is 232 g/mol. The summed E-state index contributed by atoms with van der Waals surface area (Å²) in [4.78, 5) is 4.43. The van der Waals surface area contributed by atoms with E-state index in [0.717, 1.165) is 33.8 Å². The largest absolute Gasteiger partial charge is 0.379 e. The predicted molar refractivity (Wildman–Crippen MR) is 70.3 cm³/mol. The Morgan fingerprint density at radius 3 is 3.18 bits per heavy atom. The maximum absolute atomic E-state index is 4.43. The van der Waals surface area contributed by atoms with Crippen LogP contribution in [0.4, 0.5) is 5.69 Å². The van der Waals surface area contributed by atoms with Gasteiger partial charge in [0, 0.05) is 16.5 Å². The zero-order valence-electron chi connectivity index (χ0n) is 9.40. The summed E-state index contributed by atoms with van der Waals surface area (Å²) in [5.74, 6) is 0. The normalized spacial score (nSPS) is 10.9. The van der Waals surface area contributed by atoms with Gasteiger partial charge in [0.25, 0.3) is 0 Å². The molecule has 0 unspecified atom stereocenters. The Hall–Kier alpha value is -1.88. The molecule has 0 fully saturated rings. The molecule has 4 nitrogen and oxygen atoms in total. The molecule has 2 aromatic heterocycles. The molecule has 3 rings (SSSR count). The lowest BCUT2D eigenvalue weighted by molar-refractivity contribution is 1.06. The van der Waals surface area contributed by atoms with E-state index in [2.05, 4.69) is 31.9 Å². The predicted octanol–water partition coefficient (Wildman–Crippen LogP) is 2.94. The minimum Gasteiger partial charge on any atom is -0.379 e. The van der Waals surface area contributed by atoms with Gasteiger partial charge in [-0.25, -0.2) is 4.98 Å². The molecule has 0 aliphatic carbocycles. The van der Waals surface area contributed by atoms with Gasteiger partial charge in [0.2, 0.25) is 0 Å². The maximum Gasteiger partial charge on any atom is 0.0898 e. The molecule has 0 amide bonds. The Balaban J connectivity index is 1.83. The van der Waals surface area contributed by atoms with E-state index >= 15 is 0 Å². The van der Waals surface area contributed by atoms with Crippen LogP contribution in [0.2, 0.25) is 0 Å². The number of thiazole rings is 1. The lowest BCUT2D eigenvalue weighted by Crippen LogP contribution is -1.99.